The van der Waals surface area contributed by atoms with Crippen molar-refractivity contribution in [2.75, 3.05) is 0 Å². The maximum Gasteiger partial charge on any atom is 0.336 e. The number of phenols is 1. The third kappa shape index (κ3) is 1.26. The lowest BCUT2D eigenvalue weighted by Crippen LogP contribution is -1.97. The van der Waals surface area contributed by atoms with Gasteiger partial charge in [-0.05, 0) is 12.1 Å². The van der Waals surface area contributed by atoms with E-state index < -0.39 is 5.97 Å². The van der Waals surface area contributed by atoms with Crippen LogP contribution in [0.2, 0.25) is 0 Å². The molecular weight excluding hydrogens is 182 g/mol. The molecule has 0 aliphatic rings. The van der Waals surface area contributed by atoms with Crippen LogP contribution < -0.4 is 0 Å². The molecule has 0 aliphatic heterocycles. The fraction of sp³-hybridized carbons (Fsp3) is 0. The molecule has 14 heavy (non-hydrogen) atoms. The van der Waals surface area contributed by atoms with Crippen LogP contribution in [0.15, 0.2) is 30.5 Å². The number of aromatic nitrogens is 1. The molecule has 0 amide bonds. The number of aromatic carboxylic acids is 1. The zero-order valence-corrected chi connectivity index (χ0v) is 7.14. The zero-order valence-electron chi connectivity index (χ0n) is 7.14. The highest BCUT2D eigenvalue weighted by molar-refractivity contribution is 6.03. The van der Waals surface area contributed by atoms with E-state index in [1.165, 1.54) is 12.1 Å². The van der Waals surface area contributed by atoms with E-state index in [1.807, 2.05) is 0 Å². The summed E-state index contributed by atoms with van der Waals surface area (Å²) in [5.41, 5.74) is 0.540. The van der Waals surface area contributed by atoms with Crippen LogP contribution >= 0.6 is 0 Å². The van der Waals surface area contributed by atoms with Gasteiger partial charge < -0.3 is 10.2 Å². The second-order valence-electron chi connectivity index (χ2n) is 2.87. The van der Waals surface area contributed by atoms with E-state index in [0.717, 1.165) is 0 Å². The summed E-state index contributed by atoms with van der Waals surface area (Å²) < 4.78 is 0. The average Bonchev–Trinajstić information content (AvgIpc) is 2.16. The smallest absolute Gasteiger partial charge is 0.336 e. The van der Waals surface area contributed by atoms with Crippen LogP contribution in [0.5, 0.6) is 5.75 Å². The van der Waals surface area contributed by atoms with Gasteiger partial charge in [0.15, 0.2) is 0 Å². The van der Waals surface area contributed by atoms with Crippen LogP contribution in [0, 0.1) is 0 Å². The second-order valence-corrected chi connectivity index (χ2v) is 2.87. The number of aromatic hydroxyl groups is 1. The van der Waals surface area contributed by atoms with Gasteiger partial charge in [0.2, 0.25) is 0 Å². The Hall–Kier alpha value is -2.10. The predicted molar refractivity (Wildman–Crippen MR) is 50.4 cm³/mol. The van der Waals surface area contributed by atoms with Crippen molar-refractivity contribution in [1.29, 1.82) is 0 Å². The first kappa shape index (κ1) is 8.50. The number of pyridine rings is 1. The number of rotatable bonds is 1. The summed E-state index contributed by atoms with van der Waals surface area (Å²) in [6, 6.07) is 5.96. The van der Waals surface area contributed by atoms with Crippen LogP contribution in [-0.2, 0) is 0 Å². The van der Waals surface area contributed by atoms with E-state index in [9.17, 15) is 9.90 Å². The monoisotopic (exact) mass is 189 g/mol. The van der Waals surface area contributed by atoms with Crippen LogP contribution in [0.25, 0.3) is 10.9 Å². The van der Waals surface area contributed by atoms with E-state index in [0.29, 0.717) is 10.9 Å². The summed E-state index contributed by atoms with van der Waals surface area (Å²) in [4.78, 5) is 14.8. The molecule has 1 aromatic carbocycles. The number of phenolic OH excluding ortho intramolecular Hbond substituents is 1. The number of carbonyl (C=O) groups is 1. The van der Waals surface area contributed by atoms with E-state index in [4.69, 9.17) is 5.11 Å². The molecule has 1 heterocycles. The molecule has 1 aromatic heterocycles. The third-order valence-electron chi connectivity index (χ3n) is 1.94. The summed E-state index contributed by atoms with van der Waals surface area (Å²) in [5.74, 6) is -1.16. The van der Waals surface area contributed by atoms with Crippen molar-refractivity contribution in [3.63, 3.8) is 0 Å². The largest absolute Gasteiger partial charge is 0.508 e. The Bertz CT molecular complexity index is 508. The van der Waals surface area contributed by atoms with Gasteiger partial charge in [-0.2, -0.15) is 0 Å². The standard InChI is InChI=1S/C10H7NO3/c12-6-4-8(10(13)14)7-2-1-3-11-9(7)5-6/h1-5,12H,(H,13,14). The van der Waals surface area contributed by atoms with Crippen molar-refractivity contribution in [1.82, 2.24) is 4.98 Å². The molecule has 0 unspecified atom stereocenters. The van der Waals surface area contributed by atoms with E-state index in [1.54, 1.807) is 18.3 Å². The fourth-order valence-electron chi connectivity index (χ4n) is 1.34. The minimum atomic E-state index is -1.07. The normalized spacial score (nSPS) is 10.3. The summed E-state index contributed by atoms with van der Waals surface area (Å²) >= 11 is 0. The maximum atomic E-state index is 10.8. The van der Waals surface area contributed by atoms with Gasteiger partial charge in [0.05, 0.1) is 11.1 Å². The second kappa shape index (κ2) is 2.99. The molecule has 0 spiro atoms. The Kier molecular flexibility index (Phi) is 1.81. The molecule has 70 valence electrons. The SMILES string of the molecule is O=C(O)c1cc(O)cc2ncccc12. The number of hydrogen-bond acceptors (Lipinski definition) is 3. The molecular formula is C10H7NO3. The minimum absolute atomic E-state index is 0.0631. The summed E-state index contributed by atoms with van der Waals surface area (Å²) in [7, 11) is 0. The summed E-state index contributed by atoms with van der Waals surface area (Å²) in [6.07, 6.45) is 1.55. The van der Waals surface area contributed by atoms with Crippen LogP contribution in [-0.4, -0.2) is 21.2 Å². The number of nitrogens with zero attached hydrogens (tertiary/aromatic N) is 1. The molecule has 0 aliphatic carbocycles. The Labute approximate surface area is 79.4 Å². The van der Waals surface area contributed by atoms with Gasteiger partial charge in [-0.3, -0.25) is 4.98 Å². The van der Waals surface area contributed by atoms with Crippen molar-refractivity contribution >= 4 is 16.9 Å². The Morgan fingerprint density at radius 1 is 1.36 bits per heavy atom. The third-order valence-corrected chi connectivity index (χ3v) is 1.94. The lowest BCUT2D eigenvalue weighted by Gasteiger charge is -2.02. The van der Waals surface area contributed by atoms with Crippen molar-refractivity contribution in [2.24, 2.45) is 0 Å². The molecule has 0 bridgehead atoms. The van der Waals surface area contributed by atoms with Crippen LogP contribution in [0.4, 0.5) is 0 Å². The van der Waals surface area contributed by atoms with Crippen molar-refractivity contribution in [2.45, 2.75) is 0 Å². The molecule has 2 aromatic rings. The maximum absolute atomic E-state index is 10.8. The quantitative estimate of drug-likeness (QED) is 0.715. The first-order valence-corrected chi connectivity index (χ1v) is 3.99. The molecule has 0 saturated heterocycles. The highest BCUT2D eigenvalue weighted by Gasteiger charge is 2.10. The Morgan fingerprint density at radius 3 is 2.86 bits per heavy atom. The van der Waals surface area contributed by atoms with Crippen LogP contribution in [0.3, 0.4) is 0 Å². The van der Waals surface area contributed by atoms with Gasteiger partial charge >= 0.3 is 5.97 Å². The molecule has 2 rings (SSSR count). The van der Waals surface area contributed by atoms with Gasteiger partial charge in [0.1, 0.15) is 5.75 Å². The van der Waals surface area contributed by atoms with E-state index in [-0.39, 0.29) is 11.3 Å². The highest BCUT2D eigenvalue weighted by atomic mass is 16.4. The number of fused-ring (bicyclic) bond motifs is 1. The van der Waals surface area contributed by atoms with Crippen molar-refractivity contribution < 1.29 is 15.0 Å². The summed E-state index contributed by atoms with van der Waals surface area (Å²) in [5, 5.41) is 18.7. The Balaban J connectivity index is 2.87. The molecule has 4 nitrogen and oxygen atoms in total. The van der Waals surface area contributed by atoms with Gasteiger partial charge in [0.25, 0.3) is 0 Å². The highest BCUT2D eigenvalue weighted by Crippen LogP contribution is 2.22. The van der Waals surface area contributed by atoms with Gasteiger partial charge in [-0.1, -0.05) is 6.07 Å². The molecule has 0 saturated carbocycles. The number of carboxylic acids is 1. The first-order chi connectivity index (χ1) is 6.68. The van der Waals surface area contributed by atoms with Crippen molar-refractivity contribution in [3.8, 4) is 5.75 Å². The number of hydrogen-bond donors (Lipinski definition) is 2. The first-order valence-electron chi connectivity index (χ1n) is 3.99. The predicted octanol–water partition coefficient (Wildman–Crippen LogP) is 1.64. The lowest BCUT2D eigenvalue weighted by molar-refractivity contribution is 0.0698. The molecule has 0 radical (unpaired) electrons. The molecule has 0 atom stereocenters. The van der Waals surface area contributed by atoms with Crippen LogP contribution in [0.1, 0.15) is 10.4 Å². The van der Waals surface area contributed by atoms with Gasteiger partial charge in [-0.25, -0.2) is 4.79 Å². The molecule has 4 heteroatoms. The van der Waals surface area contributed by atoms with Gasteiger partial charge in [0, 0.05) is 17.6 Å². The molecule has 0 fully saturated rings. The topological polar surface area (TPSA) is 70.4 Å². The summed E-state index contributed by atoms with van der Waals surface area (Å²) in [6.45, 7) is 0. The molecule has 2 N–H and O–H groups in total. The number of carboxylic acid groups (broad SMARTS) is 1. The number of benzene rings is 1. The Morgan fingerprint density at radius 2 is 2.14 bits per heavy atom. The van der Waals surface area contributed by atoms with Crippen molar-refractivity contribution in [3.05, 3.63) is 36.0 Å². The fourth-order valence-corrected chi connectivity index (χ4v) is 1.34. The van der Waals surface area contributed by atoms with Gasteiger partial charge in [-0.15, -0.1) is 0 Å². The van der Waals surface area contributed by atoms with E-state index >= 15 is 0 Å². The minimum Gasteiger partial charge on any atom is -0.508 e. The zero-order chi connectivity index (χ0) is 10.1. The average molecular weight is 189 g/mol. The lowest BCUT2D eigenvalue weighted by atomic mass is 10.1. The van der Waals surface area contributed by atoms with E-state index in [2.05, 4.69) is 4.98 Å².